The lowest BCUT2D eigenvalue weighted by Crippen LogP contribution is -2.46. The summed E-state index contributed by atoms with van der Waals surface area (Å²) in [4.78, 5) is 21.9. The molecule has 1 saturated heterocycles. The number of ether oxygens (including phenoxy) is 4. The second-order valence-electron chi connectivity index (χ2n) is 13.5. The normalized spacial score (nSPS) is 14.8. The van der Waals surface area contributed by atoms with Crippen LogP contribution in [-0.4, -0.2) is 103 Å². The van der Waals surface area contributed by atoms with Crippen molar-refractivity contribution >= 4 is 17.3 Å². The quantitative estimate of drug-likeness (QED) is 0.0579. The zero-order valence-corrected chi connectivity index (χ0v) is 31.1. The number of H-pyrrole nitrogens is 1. The van der Waals surface area contributed by atoms with E-state index in [1.165, 1.54) is 0 Å². The summed E-state index contributed by atoms with van der Waals surface area (Å²) in [6.45, 7) is 7.55. The van der Waals surface area contributed by atoms with Gasteiger partial charge in [-0.15, -0.1) is 0 Å². The van der Waals surface area contributed by atoms with Crippen molar-refractivity contribution < 1.29 is 28.8 Å². The fraction of sp³-hybridized carbons (Fsp3) is 0.500. The molecule has 13 nitrogen and oxygen atoms in total. The van der Waals surface area contributed by atoms with Crippen molar-refractivity contribution in [3.05, 3.63) is 84.4 Å². The number of carboxylic acid groups (broad SMARTS) is 1. The summed E-state index contributed by atoms with van der Waals surface area (Å²) >= 11 is 0. The molecule has 53 heavy (non-hydrogen) atoms. The first-order chi connectivity index (χ1) is 25.9. The Morgan fingerprint density at radius 2 is 1.55 bits per heavy atom. The molecule has 1 aliphatic rings. The molecule has 2 aromatic heterocycles. The number of aromatic amines is 1. The van der Waals surface area contributed by atoms with E-state index in [9.17, 15) is 4.79 Å². The second kappa shape index (κ2) is 21.2. The molecular formula is C40H55N7O6. The van der Waals surface area contributed by atoms with Crippen LogP contribution >= 0.6 is 0 Å². The van der Waals surface area contributed by atoms with Gasteiger partial charge in [0.1, 0.15) is 5.75 Å². The maximum absolute atomic E-state index is 10.4. The molecule has 0 spiro atoms. The molecule has 2 aromatic carbocycles. The van der Waals surface area contributed by atoms with Crippen LogP contribution in [0.1, 0.15) is 69.3 Å². The van der Waals surface area contributed by atoms with E-state index in [4.69, 9.17) is 29.0 Å². The monoisotopic (exact) mass is 729 g/mol. The maximum Gasteiger partial charge on any atom is 0.305 e. The number of hydrogen-bond acceptors (Lipinski definition) is 11. The van der Waals surface area contributed by atoms with Gasteiger partial charge in [0, 0.05) is 55.1 Å². The first kappa shape index (κ1) is 39.6. The number of rotatable bonds is 24. The zero-order valence-electron chi connectivity index (χ0n) is 31.1. The van der Waals surface area contributed by atoms with Gasteiger partial charge in [-0.25, -0.2) is 4.98 Å². The van der Waals surface area contributed by atoms with Crippen LogP contribution in [-0.2, 0) is 24.5 Å². The van der Waals surface area contributed by atoms with E-state index in [2.05, 4.69) is 87.2 Å². The molecule has 1 fully saturated rings. The van der Waals surface area contributed by atoms with Gasteiger partial charge in [-0.05, 0) is 94.1 Å². The van der Waals surface area contributed by atoms with Crippen molar-refractivity contribution in [2.24, 2.45) is 0 Å². The van der Waals surface area contributed by atoms with Gasteiger partial charge >= 0.3 is 5.97 Å². The van der Waals surface area contributed by atoms with E-state index in [-0.39, 0.29) is 24.6 Å². The van der Waals surface area contributed by atoms with Gasteiger partial charge in [-0.3, -0.25) is 14.9 Å². The van der Waals surface area contributed by atoms with Crippen LogP contribution < -0.4 is 15.4 Å². The van der Waals surface area contributed by atoms with Gasteiger partial charge < -0.3 is 39.6 Å². The molecule has 286 valence electrons. The van der Waals surface area contributed by atoms with E-state index in [1.54, 1.807) is 12.4 Å². The molecule has 0 amide bonds. The van der Waals surface area contributed by atoms with Gasteiger partial charge in [0.05, 0.1) is 51.6 Å². The number of carbonyl (C=O) groups is 1. The molecule has 3 heterocycles. The Morgan fingerprint density at radius 3 is 2.30 bits per heavy atom. The van der Waals surface area contributed by atoms with Crippen molar-refractivity contribution in [3.63, 3.8) is 0 Å². The minimum absolute atomic E-state index is 0.0116. The topological polar surface area (TPSA) is 156 Å². The Balaban J connectivity index is 1.02. The molecule has 4 N–H and O–H groups in total. The van der Waals surface area contributed by atoms with Crippen molar-refractivity contribution in [1.29, 1.82) is 0 Å². The Kier molecular flexibility index (Phi) is 15.9. The number of anilines is 2. The highest BCUT2D eigenvalue weighted by molar-refractivity contribution is 5.66. The minimum atomic E-state index is -0.859. The Labute approximate surface area is 312 Å². The van der Waals surface area contributed by atoms with Gasteiger partial charge in [-0.1, -0.05) is 24.6 Å². The van der Waals surface area contributed by atoms with Crippen molar-refractivity contribution in [2.75, 3.05) is 77.0 Å². The zero-order chi connectivity index (χ0) is 37.1. The molecule has 1 aliphatic heterocycles. The number of benzene rings is 2. The predicted molar refractivity (Wildman–Crippen MR) is 205 cm³/mol. The number of likely N-dealkylation sites (tertiary alicyclic amines) is 1. The number of nitrogens with one attached hydrogen (secondary N) is 3. The number of hydrogen-bond donors (Lipinski definition) is 4. The van der Waals surface area contributed by atoms with Crippen molar-refractivity contribution in [1.82, 2.24) is 25.1 Å². The van der Waals surface area contributed by atoms with Gasteiger partial charge in [-0.2, -0.15) is 5.10 Å². The van der Waals surface area contributed by atoms with E-state index in [1.807, 2.05) is 18.2 Å². The van der Waals surface area contributed by atoms with Crippen LogP contribution in [0.5, 0.6) is 5.75 Å². The fourth-order valence-corrected chi connectivity index (χ4v) is 6.25. The van der Waals surface area contributed by atoms with E-state index < -0.39 is 5.97 Å². The summed E-state index contributed by atoms with van der Waals surface area (Å²) in [6, 6.07) is 20.7. The molecule has 0 unspecified atom stereocenters. The van der Waals surface area contributed by atoms with Crippen LogP contribution in [0.3, 0.4) is 0 Å². The number of pyridine rings is 1. The number of aliphatic carboxylic acids is 1. The number of aromatic nitrogens is 4. The Morgan fingerprint density at radius 1 is 0.868 bits per heavy atom. The van der Waals surface area contributed by atoms with Crippen LogP contribution in [0.2, 0.25) is 0 Å². The summed E-state index contributed by atoms with van der Waals surface area (Å²) < 4.78 is 22.4. The minimum Gasteiger partial charge on any atom is -0.494 e. The molecule has 0 aliphatic carbocycles. The lowest BCUT2D eigenvalue weighted by Gasteiger charge is -2.40. The largest absolute Gasteiger partial charge is 0.494 e. The van der Waals surface area contributed by atoms with Crippen LogP contribution in [0, 0.1) is 0 Å². The molecule has 0 saturated carbocycles. The highest BCUT2D eigenvalue weighted by atomic mass is 16.5. The van der Waals surface area contributed by atoms with Gasteiger partial charge in [0.2, 0.25) is 0 Å². The summed E-state index contributed by atoms with van der Waals surface area (Å²) in [6.07, 6.45) is 9.48. The van der Waals surface area contributed by atoms with E-state index >= 15 is 0 Å². The lowest BCUT2D eigenvalue weighted by atomic mass is 9.86. The van der Waals surface area contributed by atoms with Crippen molar-refractivity contribution in [3.8, 4) is 17.1 Å². The van der Waals surface area contributed by atoms with Gasteiger partial charge in [0.25, 0.3) is 0 Å². The average molecular weight is 730 g/mol. The number of piperidine rings is 1. The molecule has 1 atom stereocenters. The van der Waals surface area contributed by atoms with Crippen LogP contribution in [0.15, 0.2) is 73.1 Å². The molecule has 4 aromatic rings. The summed E-state index contributed by atoms with van der Waals surface area (Å²) in [5.74, 6) is 1.55. The average Bonchev–Trinajstić information content (AvgIpc) is 3.68. The number of unbranched alkanes of at least 4 members (excludes halogenated alkanes) is 3. The van der Waals surface area contributed by atoms with Crippen LogP contribution in [0.25, 0.3) is 11.4 Å². The Hall–Kier alpha value is -4.56. The fourth-order valence-electron chi connectivity index (χ4n) is 6.25. The van der Waals surface area contributed by atoms with E-state index in [0.717, 1.165) is 85.7 Å². The molecule has 0 radical (unpaired) electrons. The first-order valence-corrected chi connectivity index (χ1v) is 18.7. The number of carboxylic acids is 1. The van der Waals surface area contributed by atoms with Crippen LogP contribution in [0.4, 0.5) is 11.4 Å². The third-order valence-corrected chi connectivity index (χ3v) is 9.36. The first-order valence-electron chi connectivity index (χ1n) is 18.7. The molecule has 13 heteroatoms. The molecule has 5 rings (SSSR count). The lowest BCUT2D eigenvalue weighted by molar-refractivity contribution is -0.138. The van der Waals surface area contributed by atoms with Gasteiger partial charge in [0.15, 0.2) is 11.6 Å². The third kappa shape index (κ3) is 13.1. The third-order valence-electron chi connectivity index (χ3n) is 9.36. The second-order valence-corrected chi connectivity index (χ2v) is 13.5. The maximum atomic E-state index is 10.4. The SMILES string of the molecule is C[C@@H](Nc1cccc(NC2(c3nc(-c4ccncc4)n[nH]3)CCN(C)CC2)c1)c1cccc(OCCCCCCOCCOCCOCCC(=O)O)c1. The van der Waals surface area contributed by atoms with Crippen molar-refractivity contribution in [2.45, 2.75) is 63.5 Å². The summed E-state index contributed by atoms with van der Waals surface area (Å²) in [7, 11) is 2.16. The highest BCUT2D eigenvalue weighted by Crippen LogP contribution is 2.36. The predicted octanol–water partition coefficient (Wildman–Crippen LogP) is 6.54. The standard InChI is InChI=1S/C40H55N7O6/c1-31(33-9-7-12-36(29-33)53-23-6-4-3-5-22-50-25-27-52-28-26-51-24-15-37(48)49)42-34-10-8-11-35(30-34)44-40(16-20-47(2)21-17-40)39-43-38(45-46-39)32-13-18-41-19-14-32/h7-14,18-19,29-31,42,44H,3-6,15-17,20-28H2,1-2H3,(H,48,49)(H,43,45,46)/t31-/m1/s1. The molecule has 0 bridgehead atoms. The summed E-state index contributed by atoms with van der Waals surface area (Å²) in [5.41, 5.74) is 3.79. The van der Waals surface area contributed by atoms with E-state index in [0.29, 0.717) is 45.5 Å². The molecular weight excluding hydrogens is 674 g/mol. The summed E-state index contributed by atoms with van der Waals surface area (Å²) in [5, 5.41) is 23.9. The number of nitrogens with zero attached hydrogens (tertiary/aromatic N) is 4. The Bertz CT molecular complexity index is 1650. The highest BCUT2D eigenvalue weighted by Gasteiger charge is 2.38. The smallest absolute Gasteiger partial charge is 0.305 e.